The van der Waals surface area contributed by atoms with Crippen LogP contribution < -0.4 is 0 Å². The van der Waals surface area contributed by atoms with Gasteiger partial charge in [-0.05, 0) is 43.5 Å². The molecule has 1 saturated heterocycles. The van der Waals surface area contributed by atoms with Crippen LogP contribution in [0.4, 0.5) is 0 Å². The van der Waals surface area contributed by atoms with Gasteiger partial charge in [-0.15, -0.1) is 0 Å². The third-order valence-electron chi connectivity index (χ3n) is 5.19. The molecule has 3 aromatic rings. The molecular formula is C21H22N4O2. The summed E-state index contributed by atoms with van der Waals surface area (Å²) >= 11 is 0. The predicted molar refractivity (Wildman–Crippen MR) is 101 cm³/mol. The van der Waals surface area contributed by atoms with Crippen LogP contribution in [0.5, 0.6) is 0 Å². The molecule has 1 aromatic carbocycles. The molecule has 27 heavy (non-hydrogen) atoms. The minimum Gasteiger partial charge on any atom is -0.339 e. The Kier molecular flexibility index (Phi) is 4.48. The van der Waals surface area contributed by atoms with Gasteiger partial charge in [-0.1, -0.05) is 29.8 Å². The summed E-state index contributed by atoms with van der Waals surface area (Å²) in [6.07, 6.45) is 3.42. The van der Waals surface area contributed by atoms with Gasteiger partial charge in [0.25, 0.3) is 5.91 Å². The van der Waals surface area contributed by atoms with Crippen LogP contribution in [-0.2, 0) is 0 Å². The summed E-state index contributed by atoms with van der Waals surface area (Å²) < 4.78 is 5.52. The highest BCUT2D eigenvalue weighted by molar-refractivity contribution is 5.96. The third kappa shape index (κ3) is 3.35. The third-order valence-corrected chi connectivity index (χ3v) is 5.19. The van der Waals surface area contributed by atoms with Crippen LogP contribution in [0.1, 0.15) is 40.2 Å². The second-order valence-electron chi connectivity index (χ2n) is 7.31. The highest BCUT2D eigenvalue weighted by Gasteiger charge is 2.37. The maximum Gasteiger partial charge on any atom is 0.254 e. The fourth-order valence-electron chi connectivity index (χ4n) is 3.68. The van der Waals surface area contributed by atoms with Gasteiger partial charge in [0.05, 0.1) is 5.92 Å². The largest absolute Gasteiger partial charge is 0.339 e. The van der Waals surface area contributed by atoms with Crippen molar-refractivity contribution in [2.75, 3.05) is 13.1 Å². The zero-order chi connectivity index (χ0) is 19.0. The smallest absolute Gasteiger partial charge is 0.254 e. The van der Waals surface area contributed by atoms with Crippen molar-refractivity contribution < 1.29 is 9.32 Å². The number of carbonyl (C=O) groups excluding carboxylic acids is 1. The van der Waals surface area contributed by atoms with Gasteiger partial charge < -0.3 is 9.42 Å². The number of rotatable bonds is 3. The lowest BCUT2D eigenvalue weighted by Gasteiger charge is -2.17. The number of likely N-dealkylation sites (tertiary alicyclic amines) is 1. The van der Waals surface area contributed by atoms with Gasteiger partial charge in [0, 0.05) is 36.6 Å². The number of aromatic nitrogens is 3. The Morgan fingerprint density at radius 1 is 1.22 bits per heavy atom. The van der Waals surface area contributed by atoms with E-state index >= 15 is 0 Å². The van der Waals surface area contributed by atoms with E-state index in [0.717, 1.165) is 22.3 Å². The van der Waals surface area contributed by atoms with Crippen molar-refractivity contribution in [3.8, 4) is 11.4 Å². The second kappa shape index (κ2) is 6.95. The normalized spacial score (nSPS) is 19.4. The molecule has 2 atom stereocenters. The number of amides is 1. The first-order valence-corrected chi connectivity index (χ1v) is 9.13. The molecule has 3 heterocycles. The summed E-state index contributed by atoms with van der Waals surface area (Å²) in [5.74, 6) is 1.47. The molecular weight excluding hydrogens is 340 g/mol. The number of pyridine rings is 1. The van der Waals surface area contributed by atoms with Gasteiger partial charge in [0.2, 0.25) is 11.7 Å². The van der Waals surface area contributed by atoms with Crippen LogP contribution >= 0.6 is 0 Å². The molecule has 2 aromatic heterocycles. The van der Waals surface area contributed by atoms with E-state index in [-0.39, 0.29) is 17.7 Å². The molecule has 0 N–H and O–H groups in total. The second-order valence-corrected chi connectivity index (χ2v) is 7.31. The van der Waals surface area contributed by atoms with Crippen LogP contribution in [0.3, 0.4) is 0 Å². The molecule has 2 unspecified atom stereocenters. The molecule has 0 bridgehead atoms. The zero-order valence-corrected chi connectivity index (χ0v) is 15.7. The first-order valence-electron chi connectivity index (χ1n) is 9.13. The molecule has 6 heteroatoms. The van der Waals surface area contributed by atoms with E-state index in [1.165, 1.54) is 0 Å². The first-order chi connectivity index (χ1) is 13.0. The van der Waals surface area contributed by atoms with E-state index in [4.69, 9.17) is 4.52 Å². The molecule has 0 spiro atoms. The lowest BCUT2D eigenvalue weighted by Crippen LogP contribution is -2.29. The van der Waals surface area contributed by atoms with Crippen LogP contribution in [0.2, 0.25) is 0 Å². The Hall–Kier alpha value is -3.02. The van der Waals surface area contributed by atoms with Gasteiger partial charge >= 0.3 is 0 Å². The predicted octanol–water partition coefficient (Wildman–Crippen LogP) is 3.62. The van der Waals surface area contributed by atoms with Crippen molar-refractivity contribution in [3.63, 3.8) is 0 Å². The van der Waals surface area contributed by atoms with E-state index in [2.05, 4.69) is 22.0 Å². The maximum absolute atomic E-state index is 13.0. The molecule has 1 aliphatic heterocycles. The van der Waals surface area contributed by atoms with Gasteiger partial charge in [-0.3, -0.25) is 9.78 Å². The van der Waals surface area contributed by atoms with Crippen LogP contribution in [0.15, 0.2) is 47.2 Å². The van der Waals surface area contributed by atoms with Crippen molar-refractivity contribution in [2.24, 2.45) is 5.92 Å². The molecule has 138 valence electrons. The van der Waals surface area contributed by atoms with Crippen molar-refractivity contribution in [1.82, 2.24) is 20.0 Å². The Morgan fingerprint density at radius 2 is 2.07 bits per heavy atom. The highest BCUT2D eigenvalue weighted by Crippen LogP contribution is 2.33. The Balaban J connectivity index is 1.53. The van der Waals surface area contributed by atoms with E-state index in [1.54, 1.807) is 12.4 Å². The topological polar surface area (TPSA) is 72.1 Å². The molecule has 0 saturated carbocycles. The lowest BCUT2D eigenvalue weighted by atomic mass is 9.98. The Morgan fingerprint density at radius 3 is 2.81 bits per heavy atom. The minimum absolute atomic E-state index is 0.0395. The number of nitrogens with zero attached hydrogens (tertiary/aromatic N) is 4. The van der Waals surface area contributed by atoms with Crippen LogP contribution in [-0.4, -0.2) is 39.0 Å². The van der Waals surface area contributed by atoms with Crippen molar-refractivity contribution in [3.05, 3.63) is 65.3 Å². The highest BCUT2D eigenvalue weighted by atomic mass is 16.5. The summed E-state index contributed by atoms with van der Waals surface area (Å²) in [5, 5.41) is 4.09. The molecule has 1 aliphatic rings. The summed E-state index contributed by atoms with van der Waals surface area (Å²) in [5.41, 5.74) is 3.75. The van der Waals surface area contributed by atoms with Gasteiger partial charge in [0.1, 0.15) is 0 Å². The first kappa shape index (κ1) is 17.4. The monoisotopic (exact) mass is 362 g/mol. The van der Waals surface area contributed by atoms with Crippen molar-refractivity contribution in [1.29, 1.82) is 0 Å². The Labute approximate surface area is 158 Å². The van der Waals surface area contributed by atoms with Crippen LogP contribution in [0, 0.1) is 19.8 Å². The van der Waals surface area contributed by atoms with E-state index in [1.807, 2.05) is 49.1 Å². The number of carbonyl (C=O) groups is 1. The quantitative estimate of drug-likeness (QED) is 0.711. The summed E-state index contributed by atoms with van der Waals surface area (Å²) in [6.45, 7) is 7.40. The molecule has 0 radical (unpaired) electrons. The fraction of sp³-hybridized carbons (Fsp3) is 0.333. The summed E-state index contributed by atoms with van der Waals surface area (Å²) in [7, 11) is 0. The van der Waals surface area contributed by atoms with Crippen molar-refractivity contribution in [2.45, 2.75) is 26.7 Å². The number of hydrogen-bond acceptors (Lipinski definition) is 5. The molecule has 0 aliphatic carbocycles. The van der Waals surface area contributed by atoms with E-state index in [0.29, 0.717) is 24.8 Å². The average Bonchev–Trinajstić information content (AvgIpc) is 3.29. The van der Waals surface area contributed by atoms with Gasteiger partial charge in [0.15, 0.2) is 0 Å². The molecule has 1 fully saturated rings. The SMILES string of the molecule is Cc1ccc(C(=O)N2CC(C)C(c3nc(-c4cccnc4)no3)C2)c(C)c1. The van der Waals surface area contributed by atoms with Gasteiger partial charge in [-0.2, -0.15) is 4.98 Å². The number of benzene rings is 1. The Bertz CT molecular complexity index is 967. The molecule has 4 rings (SSSR count). The standard InChI is InChI=1S/C21H22N4O2/c1-13-6-7-17(14(2)9-13)21(26)25-11-15(3)18(12-25)20-23-19(24-27-20)16-5-4-8-22-10-16/h4-10,15,18H,11-12H2,1-3H3. The average molecular weight is 362 g/mol. The summed E-state index contributed by atoms with van der Waals surface area (Å²) in [4.78, 5) is 23.5. The van der Waals surface area contributed by atoms with Crippen molar-refractivity contribution >= 4 is 5.91 Å². The molecule has 6 nitrogen and oxygen atoms in total. The number of aryl methyl sites for hydroxylation is 2. The maximum atomic E-state index is 13.0. The van der Waals surface area contributed by atoms with E-state index in [9.17, 15) is 4.79 Å². The summed E-state index contributed by atoms with van der Waals surface area (Å²) in [6, 6.07) is 9.68. The molecule has 1 amide bonds. The number of hydrogen-bond donors (Lipinski definition) is 0. The lowest BCUT2D eigenvalue weighted by molar-refractivity contribution is 0.0785. The van der Waals surface area contributed by atoms with E-state index < -0.39 is 0 Å². The zero-order valence-electron chi connectivity index (χ0n) is 15.7. The van der Waals surface area contributed by atoms with Crippen LogP contribution in [0.25, 0.3) is 11.4 Å². The fourth-order valence-corrected chi connectivity index (χ4v) is 3.68. The minimum atomic E-state index is 0.0395. The van der Waals surface area contributed by atoms with Gasteiger partial charge in [-0.25, -0.2) is 0 Å².